The van der Waals surface area contributed by atoms with Crippen molar-refractivity contribution in [1.29, 1.82) is 0 Å². The van der Waals surface area contributed by atoms with Crippen LogP contribution in [0.2, 0.25) is 0 Å². The fraction of sp³-hybridized carbons (Fsp3) is 0.659. The van der Waals surface area contributed by atoms with Gasteiger partial charge >= 0.3 is 12.2 Å². The maximum atomic E-state index is 10.4. The quantitative estimate of drug-likeness (QED) is 0.342. The summed E-state index contributed by atoms with van der Waals surface area (Å²) < 4.78 is 13.7. The third kappa shape index (κ3) is 145. The molecule has 0 atom stereocenters. The van der Waals surface area contributed by atoms with Gasteiger partial charge in [-0.2, -0.15) is 0 Å². The van der Waals surface area contributed by atoms with Gasteiger partial charge in [-0.05, 0) is 20.8 Å². The van der Waals surface area contributed by atoms with Gasteiger partial charge in [0.15, 0.2) is 0 Å². The first-order valence-electron chi connectivity index (χ1n) is 18.3. The van der Waals surface area contributed by atoms with Gasteiger partial charge in [0.05, 0.1) is 13.2 Å². The third-order valence-corrected chi connectivity index (χ3v) is 2.89. The number of hydrogen-bond acceptors (Lipinski definition) is 6. The van der Waals surface area contributed by atoms with E-state index in [9.17, 15) is 9.59 Å². The number of hydrogen-bond donors (Lipinski definition) is 1. The second-order valence-corrected chi connectivity index (χ2v) is 6.78. The molecule has 8 nitrogen and oxygen atoms in total. The number of methoxy groups -OCH3 is 1. The van der Waals surface area contributed by atoms with E-state index in [1.807, 2.05) is 163 Å². The minimum atomic E-state index is -0.285. The summed E-state index contributed by atoms with van der Waals surface area (Å²) in [6, 6.07) is 24.0. The Morgan fingerprint density at radius 3 is 0.592 bits per heavy atom. The lowest BCUT2D eigenvalue weighted by Crippen LogP contribution is -2.22. The maximum absolute atomic E-state index is 10.4. The van der Waals surface area contributed by atoms with E-state index in [1.165, 1.54) is 16.2 Å². The molecule has 0 aromatic heterocycles. The van der Waals surface area contributed by atoms with Gasteiger partial charge in [-0.25, -0.2) is 9.59 Å². The van der Waals surface area contributed by atoms with Gasteiger partial charge in [0, 0.05) is 49.0 Å². The smallest absolute Gasteiger partial charge is 0.409 e. The van der Waals surface area contributed by atoms with E-state index >= 15 is 0 Å². The largest absolute Gasteiger partial charge is 0.450 e. The zero-order chi connectivity index (χ0) is 41.7. The molecule has 2 amide bonds. The van der Waals surface area contributed by atoms with Crippen LogP contribution in [0.4, 0.5) is 9.59 Å². The zero-order valence-corrected chi connectivity index (χ0v) is 37.1. The Morgan fingerprint density at radius 1 is 0.429 bits per heavy atom. The van der Waals surface area contributed by atoms with E-state index in [1.54, 1.807) is 49.1 Å². The topological polar surface area (TPSA) is 88.5 Å². The van der Waals surface area contributed by atoms with E-state index in [2.05, 4.69) is 28.1 Å². The van der Waals surface area contributed by atoms with Crippen molar-refractivity contribution in [3.63, 3.8) is 0 Å². The Morgan fingerprint density at radius 2 is 0.551 bits per heavy atom. The van der Waals surface area contributed by atoms with E-state index in [0.29, 0.717) is 13.2 Å². The molecule has 2 rings (SSSR count). The molecule has 0 radical (unpaired) electrons. The Balaban J connectivity index is -0.0000000371. The minimum absolute atomic E-state index is 0.285. The predicted molar refractivity (Wildman–Crippen MR) is 224 cm³/mol. The highest BCUT2D eigenvalue weighted by Gasteiger charge is 2.00. The average molecular weight is 707 g/mol. The lowest BCUT2D eigenvalue weighted by atomic mass is 10.4. The van der Waals surface area contributed by atoms with Crippen molar-refractivity contribution in [2.24, 2.45) is 0 Å². The lowest BCUT2D eigenvalue weighted by molar-refractivity contribution is 0.123. The summed E-state index contributed by atoms with van der Waals surface area (Å²) in [5.41, 5.74) is 0. The number of rotatable bonds is 3. The van der Waals surface area contributed by atoms with Crippen LogP contribution in [0.5, 0.6) is 0 Å². The van der Waals surface area contributed by atoms with Crippen LogP contribution in [0, 0.1) is 0 Å². The molecule has 1 N–H and O–H groups in total. The van der Waals surface area contributed by atoms with Gasteiger partial charge < -0.3 is 29.1 Å². The fourth-order valence-corrected chi connectivity index (χ4v) is 1.27. The first kappa shape index (κ1) is 76.0. The summed E-state index contributed by atoms with van der Waals surface area (Å²) in [7, 11) is 9.28. The van der Waals surface area contributed by atoms with Gasteiger partial charge in [-0.3, -0.25) is 0 Å². The molecule has 0 unspecified atom stereocenters. The van der Waals surface area contributed by atoms with Crippen LogP contribution in [0.1, 0.15) is 124 Å². The Kier molecular flexibility index (Phi) is 172. The highest BCUT2D eigenvalue weighted by atomic mass is 16.6. The number of aliphatic hydroxyl groups excluding tert-OH is 1. The minimum Gasteiger partial charge on any atom is -0.450 e. The van der Waals surface area contributed by atoms with Gasteiger partial charge in [0.1, 0.15) is 0 Å². The van der Waals surface area contributed by atoms with Crippen LogP contribution in [-0.2, 0) is 14.2 Å². The van der Waals surface area contributed by atoms with Gasteiger partial charge in [0.2, 0.25) is 0 Å². The summed E-state index contributed by atoms with van der Waals surface area (Å²) in [6.07, 6.45) is 0.681. The van der Waals surface area contributed by atoms with Crippen molar-refractivity contribution in [1.82, 2.24) is 9.80 Å². The standard InChI is InChI=1S/2C6H6.2C5H11NO2.C3H8O.C3H8.6C2H6.CH4O/c2*1-2-4-6-5-3-1;2*1-4-8-5(7)6(2)3;1-3-4-2;1-3-2;7*1-2/h2*1-6H;2*4H2,1-3H3;3H2,1-2H3;3H2,1-2H3;6*1-2H3;2H,1H3. The lowest BCUT2D eigenvalue weighted by Gasteiger charge is -2.07. The molecule has 8 heteroatoms. The first-order valence-corrected chi connectivity index (χ1v) is 18.3. The average Bonchev–Trinajstić information content (AvgIpc) is 3.20. The molecule has 2 aromatic carbocycles. The Bertz CT molecular complexity index is 521. The monoisotopic (exact) mass is 707 g/mol. The van der Waals surface area contributed by atoms with E-state index < -0.39 is 0 Å². The number of carbonyl (C=O) groups excluding carboxylic acids is 2. The van der Waals surface area contributed by atoms with Crippen molar-refractivity contribution in [2.75, 3.05) is 62.2 Å². The second-order valence-electron chi connectivity index (χ2n) is 6.78. The molecule has 0 aliphatic carbocycles. The molecule has 300 valence electrons. The molecule has 2 aromatic rings. The van der Waals surface area contributed by atoms with Gasteiger partial charge in [0.25, 0.3) is 0 Å². The molecule has 49 heavy (non-hydrogen) atoms. The number of amides is 2. The molecule has 0 bridgehead atoms. The predicted octanol–water partition coefficient (Wildman–Crippen LogP) is 12.6. The summed E-state index contributed by atoms with van der Waals surface area (Å²) in [5, 5.41) is 7.00. The highest BCUT2D eigenvalue weighted by Crippen LogP contribution is 1.83. The summed E-state index contributed by atoms with van der Waals surface area (Å²) >= 11 is 0. The number of benzene rings is 2. The van der Waals surface area contributed by atoms with Crippen molar-refractivity contribution < 1.29 is 28.9 Å². The molecule has 0 fully saturated rings. The number of carbonyl (C=O) groups is 2. The summed E-state index contributed by atoms with van der Waals surface area (Å²) in [5.74, 6) is 0. The highest BCUT2D eigenvalue weighted by molar-refractivity contribution is 5.66. The SMILES string of the molecule is CC.CC.CC.CC.CC.CC.CCC.CCOC.CCOC(=O)N(C)C.CCOC(=O)N(C)C.CO.c1ccccc1.c1ccccc1. The molecule has 0 aliphatic rings. The van der Waals surface area contributed by atoms with Crippen LogP contribution >= 0.6 is 0 Å². The Labute approximate surface area is 309 Å². The molecular weight excluding hydrogens is 616 g/mol. The maximum Gasteiger partial charge on any atom is 0.409 e. The number of nitrogens with zero attached hydrogens (tertiary/aromatic N) is 2. The van der Waals surface area contributed by atoms with E-state index in [-0.39, 0.29) is 12.2 Å². The molecule has 0 heterocycles. The van der Waals surface area contributed by atoms with Crippen LogP contribution in [0.25, 0.3) is 0 Å². The van der Waals surface area contributed by atoms with Crippen LogP contribution in [-0.4, -0.2) is 89.3 Å². The van der Waals surface area contributed by atoms with Gasteiger partial charge in [-0.15, -0.1) is 0 Å². The van der Waals surface area contributed by atoms with Crippen molar-refractivity contribution in [2.45, 2.75) is 124 Å². The Hall–Kier alpha value is -3.10. The molecule has 0 spiro atoms. The van der Waals surface area contributed by atoms with Crippen molar-refractivity contribution in [3.8, 4) is 0 Å². The number of aliphatic hydroxyl groups is 1. The van der Waals surface area contributed by atoms with Crippen LogP contribution in [0.15, 0.2) is 72.8 Å². The van der Waals surface area contributed by atoms with E-state index in [4.69, 9.17) is 5.11 Å². The number of ether oxygens (including phenoxy) is 3. The summed E-state index contributed by atoms with van der Waals surface area (Å²) in [4.78, 5) is 23.7. The molecule has 0 aliphatic heterocycles. The molecule has 0 saturated carbocycles. The molecular formula is C41H90N2O6. The second kappa shape index (κ2) is 111. The van der Waals surface area contributed by atoms with E-state index in [0.717, 1.165) is 13.7 Å². The van der Waals surface area contributed by atoms with Crippen molar-refractivity contribution in [3.05, 3.63) is 72.8 Å². The first-order chi connectivity index (χ1) is 23.7. The summed E-state index contributed by atoms with van der Waals surface area (Å²) in [6.45, 7) is 35.5. The van der Waals surface area contributed by atoms with Crippen LogP contribution < -0.4 is 0 Å². The van der Waals surface area contributed by atoms with Crippen LogP contribution in [0.3, 0.4) is 0 Å². The van der Waals surface area contributed by atoms with Crippen molar-refractivity contribution >= 4 is 12.2 Å². The fourth-order valence-electron chi connectivity index (χ4n) is 1.27. The normalized spacial score (nSPS) is 6.53. The van der Waals surface area contributed by atoms with Gasteiger partial charge in [-0.1, -0.05) is 176 Å². The zero-order valence-electron chi connectivity index (χ0n) is 37.1. The molecule has 0 saturated heterocycles. The third-order valence-electron chi connectivity index (χ3n) is 2.89.